The molecule has 1 aromatic carbocycles. The van der Waals surface area contributed by atoms with E-state index < -0.39 is 6.04 Å². The van der Waals surface area contributed by atoms with Gasteiger partial charge in [0.05, 0.1) is 11.0 Å². The SMILES string of the molecule is CC(C)(C)C1C(=O)NCC(=O)N1Cc1ccc(F)c(Br)c1. The number of carbonyl (C=O) groups is 2. The molecule has 0 bridgehead atoms. The quantitative estimate of drug-likeness (QED) is 0.884. The molecule has 1 atom stereocenters. The second-order valence-corrected chi connectivity index (χ2v) is 7.11. The van der Waals surface area contributed by atoms with Crippen molar-refractivity contribution in [3.05, 3.63) is 34.1 Å². The van der Waals surface area contributed by atoms with E-state index in [1.807, 2.05) is 20.8 Å². The van der Waals surface area contributed by atoms with E-state index in [1.54, 1.807) is 17.0 Å². The van der Waals surface area contributed by atoms with Gasteiger partial charge in [-0.25, -0.2) is 4.39 Å². The summed E-state index contributed by atoms with van der Waals surface area (Å²) in [5.41, 5.74) is 0.401. The van der Waals surface area contributed by atoms with E-state index in [4.69, 9.17) is 0 Å². The highest BCUT2D eigenvalue weighted by molar-refractivity contribution is 9.10. The van der Waals surface area contributed by atoms with Crippen molar-refractivity contribution in [3.8, 4) is 0 Å². The summed E-state index contributed by atoms with van der Waals surface area (Å²) in [6, 6.07) is 4.07. The molecule has 1 aliphatic rings. The highest BCUT2D eigenvalue weighted by Crippen LogP contribution is 2.28. The van der Waals surface area contributed by atoms with Crippen LogP contribution in [0.2, 0.25) is 0 Å². The minimum absolute atomic E-state index is 0.00772. The maximum Gasteiger partial charge on any atom is 0.243 e. The molecule has 0 spiro atoms. The van der Waals surface area contributed by atoms with Crippen molar-refractivity contribution in [1.29, 1.82) is 0 Å². The lowest BCUT2D eigenvalue weighted by Crippen LogP contribution is -2.62. The summed E-state index contributed by atoms with van der Waals surface area (Å²) in [5, 5.41) is 2.63. The Morgan fingerprint density at radius 1 is 1.38 bits per heavy atom. The van der Waals surface area contributed by atoms with Crippen LogP contribution in [0.1, 0.15) is 26.3 Å². The summed E-state index contributed by atoms with van der Waals surface area (Å²) >= 11 is 3.13. The van der Waals surface area contributed by atoms with E-state index in [2.05, 4.69) is 21.2 Å². The van der Waals surface area contributed by atoms with Gasteiger partial charge in [0.1, 0.15) is 11.9 Å². The van der Waals surface area contributed by atoms with Crippen LogP contribution in [0.15, 0.2) is 22.7 Å². The third kappa shape index (κ3) is 3.43. The van der Waals surface area contributed by atoms with Gasteiger partial charge >= 0.3 is 0 Å². The van der Waals surface area contributed by atoms with Crippen LogP contribution in [-0.4, -0.2) is 29.3 Å². The normalized spacial score (nSPS) is 19.7. The fraction of sp³-hybridized carbons (Fsp3) is 0.467. The number of piperazine rings is 1. The zero-order valence-electron chi connectivity index (χ0n) is 12.2. The fourth-order valence-electron chi connectivity index (χ4n) is 2.52. The maximum atomic E-state index is 13.3. The van der Waals surface area contributed by atoms with E-state index in [1.165, 1.54) is 6.07 Å². The van der Waals surface area contributed by atoms with Crippen LogP contribution in [0.3, 0.4) is 0 Å². The molecule has 1 aromatic rings. The number of carbonyl (C=O) groups excluding carboxylic acids is 2. The zero-order valence-corrected chi connectivity index (χ0v) is 13.8. The van der Waals surface area contributed by atoms with Gasteiger partial charge in [0, 0.05) is 6.54 Å². The molecule has 1 N–H and O–H groups in total. The number of nitrogens with zero attached hydrogens (tertiary/aromatic N) is 1. The standard InChI is InChI=1S/C15H18BrFN2O2/c1-15(2,3)13-14(21)18-7-12(20)19(13)8-9-4-5-11(17)10(16)6-9/h4-6,13H,7-8H2,1-3H3,(H,18,21). The van der Waals surface area contributed by atoms with E-state index in [0.29, 0.717) is 4.47 Å². The van der Waals surface area contributed by atoms with Gasteiger partial charge in [-0.3, -0.25) is 9.59 Å². The molecule has 4 nitrogen and oxygen atoms in total. The molecule has 1 aliphatic heterocycles. The van der Waals surface area contributed by atoms with Crippen molar-refractivity contribution < 1.29 is 14.0 Å². The number of hydrogen-bond acceptors (Lipinski definition) is 2. The molecule has 0 saturated carbocycles. The van der Waals surface area contributed by atoms with Crippen LogP contribution in [0.25, 0.3) is 0 Å². The van der Waals surface area contributed by atoms with E-state index in [9.17, 15) is 14.0 Å². The summed E-state index contributed by atoms with van der Waals surface area (Å²) < 4.78 is 13.6. The Bertz CT molecular complexity index is 584. The number of halogens is 2. The number of nitrogens with one attached hydrogen (secondary N) is 1. The molecule has 114 valence electrons. The monoisotopic (exact) mass is 356 g/mol. The second kappa shape index (κ2) is 5.75. The van der Waals surface area contributed by atoms with Crippen LogP contribution in [-0.2, 0) is 16.1 Å². The van der Waals surface area contributed by atoms with Gasteiger partial charge in [-0.2, -0.15) is 0 Å². The number of amides is 2. The van der Waals surface area contributed by atoms with Crippen molar-refractivity contribution in [2.75, 3.05) is 6.54 Å². The van der Waals surface area contributed by atoms with Gasteiger partial charge in [0.15, 0.2) is 0 Å². The lowest BCUT2D eigenvalue weighted by molar-refractivity contribution is -0.150. The van der Waals surface area contributed by atoms with Crippen LogP contribution < -0.4 is 5.32 Å². The Kier molecular flexibility index (Phi) is 4.37. The number of benzene rings is 1. The third-order valence-electron chi connectivity index (χ3n) is 3.45. The molecule has 2 rings (SSSR count). The molecular formula is C15H18BrFN2O2. The fourth-order valence-corrected chi connectivity index (χ4v) is 2.95. The maximum absolute atomic E-state index is 13.3. The van der Waals surface area contributed by atoms with Crippen LogP contribution in [0.4, 0.5) is 4.39 Å². The molecule has 0 radical (unpaired) electrons. The van der Waals surface area contributed by atoms with Crippen molar-refractivity contribution in [2.45, 2.75) is 33.4 Å². The topological polar surface area (TPSA) is 49.4 Å². The predicted molar refractivity (Wildman–Crippen MR) is 80.9 cm³/mol. The van der Waals surface area contributed by atoms with E-state index in [0.717, 1.165) is 5.56 Å². The summed E-state index contributed by atoms with van der Waals surface area (Å²) in [4.78, 5) is 25.9. The average molecular weight is 357 g/mol. The smallest absolute Gasteiger partial charge is 0.243 e. The van der Waals surface area contributed by atoms with Crippen molar-refractivity contribution in [3.63, 3.8) is 0 Å². The Labute approximate surface area is 131 Å². The molecule has 1 heterocycles. The highest BCUT2D eigenvalue weighted by atomic mass is 79.9. The highest BCUT2D eigenvalue weighted by Gasteiger charge is 2.41. The zero-order chi connectivity index (χ0) is 15.8. The molecule has 0 aromatic heterocycles. The average Bonchev–Trinajstić information content (AvgIpc) is 2.37. The molecule has 1 saturated heterocycles. The Morgan fingerprint density at radius 3 is 2.62 bits per heavy atom. The Morgan fingerprint density at radius 2 is 2.05 bits per heavy atom. The molecule has 1 unspecified atom stereocenters. The summed E-state index contributed by atoms with van der Waals surface area (Å²) in [7, 11) is 0. The van der Waals surface area contributed by atoms with Crippen LogP contribution in [0.5, 0.6) is 0 Å². The number of rotatable bonds is 2. The molecule has 2 amide bonds. The van der Waals surface area contributed by atoms with E-state index >= 15 is 0 Å². The first kappa shape index (κ1) is 15.9. The lowest BCUT2D eigenvalue weighted by Gasteiger charge is -2.42. The van der Waals surface area contributed by atoms with Crippen molar-refractivity contribution in [1.82, 2.24) is 10.2 Å². The van der Waals surface area contributed by atoms with Crippen LogP contribution in [0, 0.1) is 11.2 Å². The van der Waals surface area contributed by atoms with Gasteiger partial charge in [0.2, 0.25) is 11.8 Å². The Balaban J connectivity index is 2.31. The molecule has 6 heteroatoms. The third-order valence-corrected chi connectivity index (χ3v) is 4.06. The summed E-state index contributed by atoms with van der Waals surface area (Å²) in [5.74, 6) is -0.632. The van der Waals surface area contributed by atoms with Gasteiger partial charge in [-0.05, 0) is 39.0 Å². The molecular weight excluding hydrogens is 339 g/mol. The first-order valence-electron chi connectivity index (χ1n) is 6.71. The molecule has 1 fully saturated rings. The lowest BCUT2D eigenvalue weighted by atomic mass is 9.83. The largest absolute Gasteiger partial charge is 0.345 e. The summed E-state index contributed by atoms with van der Waals surface area (Å²) in [6.45, 7) is 6.05. The van der Waals surface area contributed by atoms with Gasteiger partial charge in [0.25, 0.3) is 0 Å². The second-order valence-electron chi connectivity index (χ2n) is 6.26. The first-order chi connectivity index (χ1) is 9.70. The predicted octanol–water partition coefficient (Wildman–Crippen LogP) is 2.46. The first-order valence-corrected chi connectivity index (χ1v) is 7.50. The molecule has 0 aliphatic carbocycles. The van der Waals surface area contributed by atoms with Crippen molar-refractivity contribution >= 4 is 27.7 Å². The summed E-state index contributed by atoms with van der Waals surface area (Å²) in [6.07, 6.45) is 0. The minimum Gasteiger partial charge on any atom is -0.345 e. The van der Waals surface area contributed by atoms with Gasteiger partial charge in [-0.1, -0.05) is 26.8 Å². The molecule has 21 heavy (non-hydrogen) atoms. The van der Waals surface area contributed by atoms with Crippen molar-refractivity contribution in [2.24, 2.45) is 5.41 Å². The van der Waals surface area contributed by atoms with E-state index in [-0.39, 0.29) is 36.1 Å². The minimum atomic E-state index is -0.539. The van der Waals surface area contributed by atoms with Gasteiger partial charge < -0.3 is 10.2 Å². The van der Waals surface area contributed by atoms with Gasteiger partial charge in [-0.15, -0.1) is 0 Å². The Hall–Kier alpha value is -1.43. The van der Waals surface area contributed by atoms with Crippen LogP contribution >= 0.6 is 15.9 Å². The number of hydrogen-bond donors (Lipinski definition) is 1.